The van der Waals surface area contributed by atoms with Gasteiger partial charge in [-0.05, 0) is 39.2 Å². The Morgan fingerprint density at radius 3 is 2.62 bits per heavy atom. The van der Waals surface area contributed by atoms with E-state index < -0.39 is 0 Å². The highest BCUT2D eigenvalue weighted by molar-refractivity contribution is 5.89. The first-order valence-electron chi connectivity index (χ1n) is 6.31. The number of carbonyl (C=O) groups excluding carboxylic acids is 1. The van der Waals surface area contributed by atoms with Gasteiger partial charge in [-0.3, -0.25) is 9.69 Å². The predicted molar refractivity (Wildman–Crippen MR) is 64.0 cm³/mol. The molecule has 2 aliphatic rings. The first kappa shape index (κ1) is 11.9. The van der Waals surface area contributed by atoms with Gasteiger partial charge in [-0.2, -0.15) is 0 Å². The summed E-state index contributed by atoms with van der Waals surface area (Å²) >= 11 is 0. The molecule has 92 valence electrons. The number of carbonyl (C=O) groups is 1. The van der Waals surface area contributed by atoms with Crippen LogP contribution in [0.4, 0.5) is 0 Å². The molecule has 2 fully saturated rings. The summed E-state index contributed by atoms with van der Waals surface area (Å²) in [7, 11) is 3.81. The van der Waals surface area contributed by atoms with Crippen molar-refractivity contribution in [1.82, 2.24) is 10.2 Å². The lowest BCUT2D eigenvalue weighted by molar-refractivity contribution is -0.128. The van der Waals surface area contributed by atoms with Gasteiger partial charge in [0.25, 0.3) is 0 Å². The van der Waals surface area contributed by atoms with Gasteiger partial charge in [0.2, 0.25) is 5.91 Å². The quantitative estimate of drug-likeness (QED) is 0.734. The molecule has 2 unspecified atom stereocenters. The Morgan fingerprint density at radius 1 is 1.44 bits per heavy atom. The third kappa shape index (κ3) is 1.96. The number of amides is 1. The summed E-state index contributed by atoms with van der Waals surface area (Å²) in [6, 6.07) is 0.810. The number of nitrogens with two attached hydrogens (primary N) is 1. The van der Waals surface area contributed by atoms with Crippen molar-refractivity contribution in [3.05, 3.63) is 0 Å². The van der Waals surface area contributed by atoms with E-state index in [1.807, 2.05) is 0 Å². The fraction of sp³-hybridized carbons (Fsp3) is 0.917. The van der Waals surface area contributed by atoms with Crippen LogP contribution in [-0.4, -0.2) is 42.5 Å². The largest absolute Gasteiger partial charge is 0.358 e. The van der Waals surface area contributed by atoms with Crippen molar-refractivity contribution in [3.63, 3.8) is 0 Å². The molecule has 0 spiro atoms. The molecular weight excluding hydrogens is 202 g/mol. The van der Waals surface area contributed by atoms with Crippen LogP contribution in [0.25, 0.3) is 0 Å². The molecular formula is C12H23N3O. The Hall–Kier alpha value is -0.610. The van der Waals surface area contributed by atoms with E-state index in [2.05, 4.69) is 17.3 Å². The lowest BCUT2D eigenvalue weighted by Gasteiger charge is -2.38. The molecule has 0 aromatic heterocycles. The molecule has 4 heteroatoms. The van der Waals surface area contributed by atoms with Crippen LogP contribution >= 0.6 is 0 Å². The van der Waals surface area contributed by atoms with Crippen LogP contribution in [0.1, 0.15) is 38.5 Å². The molecule has 0 heterocycles. The van der Waals surface area contributed by atoms with Crippen LogP contribution in [0, 0.1) is 0 Å². The van der Waals surface area contributed by atoms with Gasteiger partial charge < -0.3 is 11.1 Å². The van der Waals surface area contributed by atoms with Crippen molar-refractivity contribution in [2.75, 3.05) is 14.1 Å². The monoisotopic (exact) mass is 225 g/mol. The van der Waals surface area contributed by atoms with Crippen LogP contribution in [0.5, 0.6) is 0 Å². The van der Waals surface area contributed by atoms with Crippen molar-refractivity contribution in [2.45, 2.75) is 56.1 Å². The highest BCUT2D eigenvalue weighted by Gasteiger charge is 2.54. The van der Waals surface area contributed by atoms with Gasteiger partial charge in [0, 0.05) is 19.1 Å². The molecule has 2 rings (SSSR count). The maximum absolute atomic E-state index is 11.9. The summed E-state index contributed by atoms with van der Waals surface area (Å²) in [5.74, 6) is 0.175. The van der Waals surface area contributed by atoms with Gasteiger partial charge in [-0.15, -0.1) is 0 Å². The average molecular weight is 225 g/mol. The summed E-state index contributed by atoms with van der Waals surface area (Å²) in [6.45, 7) is 0. The molecule has 2 saturated carbocycles. The second kappa shape index (κ2) is 4.34. The predicted octanol–water partition coefficient (Wildman–Crippen LogP) is 0.467. The van der Waals surface area contributed by atoms with Crippen molar-refractivity contribution in [3.8, 4) is 0 Å². The summed E-state index contributed by atoms with van der Waals surface area (Å²) in [5.41, 5.74) is 5.80. The fourth-order valence-corrected chi connectivity index (χ4v) is 2.99. The molecule has 3 N–H and O–H groups in total. The normalized spacial score (nSPS) is 32.5. The van der Waals surface area contributed by atoms with Gasteiger partial charge in [-0.1, -0.05) is 6.42 Å². The molecule has 2 aliphatic carbocycles. The van der Waals surface area contributed by atoms with Gasteiger partial charge in [0.15, 0.2) is 0 Å². The zero-order chi connectivity index (χ0) is 11.8. The first-order chi connectivity index (χ1) is 7.60. The van der Waals surface area contributed by atoms with Crippen molar-refractivity contribution in [1.29, 1.82) is 0 Å². The van der Waals surface area contributed by atoms with Crippen LogP contribution in [0.15, 0.2) is 0 Å². The third-order valence-corrected chi connectivity index (χ3v) is 4.28. The van der Waals surface area contributed by atoms with E-state index in [4.69, 9.17) is 5.73 Å². The lowest BCUT2D eigenvalue weighted by Crippen LogP contribution is -2.53. The van der Waals surface area contributed by atoms with Crippen LogP contribution in [-0.2, 0) is 4.79 Å². The first-order valence-corrected chi connectivity index (χ1v) is 6.31. The van der Waals surface area contributed by atoms with Gasteiger partial charge in [-0.25, -0.2) is 0 Å². The number of nitrogens with one attached hydrogen (secondary N) is 1. The van der Waals surface area contributed by atoms with Crippen molar-refractivity contribution in [2.24, 2.45) is 5.73 Å². The van der Waals surface area contributed by atoms with Gasteiger partial charge >= 0.3 is 0 Å². The summed E-state index contributed by atoms with van der Waals surface area (Å²) in [5, 5.41) is 2.79. The van der Waals surface area contributed by atoms with E-state index in [1.54, 1.807) is 7.05 Å². The van der Waals surface area contributed by atoms with Gasteiger partial charge in [0.1, 0.15) is 5.54 Å². The minimum atomic E-state index is -0.212. The molecule has 0 bridgehead atoms. The van der Waals surface area contributed by atoms with Crippen LogP contribution < -0.4 is 11.1 Å². The highest BCUT2D eigenvalue weighted by atomic mass is 16.2. The standard InChI is InChI=1S/C12H23N3O/c1-14-11(16)12(6-7-12)15(2)10-5-3-4-9(13)8-10/h9-10H,3-8,13H2,1-2H3,(H,14,16). The SMILES string of the molecule is CNC(=O)C1(N(C)C2CCCC(N)C2)CC1. The summed E-state index contributed by atoms with van der Waals surface area (Å²) < 4.78 is 0. The second-order valence-corrected chi connectivity index (χ2v) is 5.30. The molecule has 0 radical (unpaired) electrons. The number of rotatable bonds is 3. The Balaban J connectivity index is 2.01. The molecule has 0 aromatic carbocycles. The van der Waals surface area contributed by atoms with E-state index >= 15 is 0 Å². The van der Waals surface area contributed by atoms with E-state index in [-0.39, 0.29) is 11.4 Å². The Kier molecular flexibility index (Phi) is 3.22. The number of nitrogens with zero attached hydrogens (tertiary/aromatic N) is 1. The van der Waals surface area contributed by atoms with E-state index in [9.17, 15) is 4.79 Å². The number of likely N-dealkylation sites (N-methyl/N-ethyl adjacent to an activating group) is 2. The molecule has 1 amide bonds. The Morgan fingerprint density at radius 2 is 2.12 bits per heavy atom. The van der Waals surface area contributed by atoms with Crippen molar-refractivity contribution < 1.29 is 4.79 Å². The molecule has 0 saturated heterocycles. The van der Waals surface area contributed by atoms with Crippen LogP contribution in [0.2, 0.25) is 0 Å². The molecule has 2 atom stereocenters. The molecule has 16 heavy (non-hydrogen) atoms. The van der Waals surface area contributed by atoms with E-state index in [1.165, 1.54) is 12.8 Å². The molecule has 0 aliphatic heterocycles. The third-order valence-electron chi connectivity index (χ3n) is 4.28. The second-order valence-electron chi connectivity index (χ2n) is 5.30. The fourth-order valence-electron chi connectivity index (χ4n) is 2.99. The minimum absolute atomic E-state index is 0.175. The van der Waals surface area contributed by atoms with Crippen molar-refractivity contribution >= 4 is 5.91 Å². The van der Waals surface area contributed by atoms with Crippen LogP contribution in [0.3, 0.4) is 0 Å². The smallest absolute Gasteiger partial charge is 0.240 e. The highest BCUT2D eigenvalue weighted by Crippen LogP contribution is 2.43. The average Bonchev–Trinajstić information content (AvgIpc) is 3.08. The lowest BCUT2D eigenvalue weighted by atomic mass is 9.89. The summed E-state index contributed by atoms with van der Waals surface area (Å²) in [6.07, 6.45) is 6.54. The minimum Gasteiger partial charge on any atom is -0.358 e. The Bertz CT molecular complexity index is 275. The molecule has 0 aromatic rings. The zero-order valence-corrected chi connectivity index (χ0v) is 10.3. The maximum atomic E-state index is 11.9. The molecule has 4 nitrogen and oxygen atoms in total. The zero-order valence-electron chi connectivity index (χ0n) is 10.3. The van der Waals surface area contributed by atoms with E-state index in [0.717, 1.165) is 25.7 Å². The van der Waals surface area contributed by atoms with Gasteiger partial charge in [0.05, 0.1) is 0 Å². The number of hydrogen-bond acceptors (Lipinski definition) is 3. The topological polar surface area (TPSA) is 58.4 Å². The summed E-state index contributed by atoms with van der Waals surface area (Å²) in [4.78, 5) is 14.2. The van der Waals surface area contributed by atoms with E-state index in [0.29, 0.717) is 12.1 Å². The number of hydrogen-bond donors (Lipinski definition) is 2. The maximum Gasteiger partial charge on any atom is 0.240 e. The Labute approximate surface area is 97.6 Å².